The van der Waals surface area contributed by atoms with Crippen LogP contribution in [0.5, 0.6) is 0 Å². The molecule has 2 amide bonds. The minimum atomic E-state index is -0.588. The van der Waals surface area contributed by atoms with Crippen LogP contribution in [-0.2, 0) is 22.6 Å². The number of carbonyl (C=O) groups is 2. The Morgan fingerprint density at radius 2 is 2.28 bits per heavy atom. The van der Waals surface area contributed by atoms with Crippen molar-refractivity contribution in [2.45, 2.75) is 44.7 Å². The van der Waals surface area contributed by atoms with E-state index in [1.807, 2.05) is 13.1 Å². The van der Waals surface area contributed by atoms with E-state index in [1.165, 1.54) is 12.1 Å². The normalized spacial score (nSPS) is 21.9. The van der Waals surface area contributed by atoms with Gasteiger partial charge in [-0.1, -0.05) is 6.07 Å². The van der Waals surface area contributed by atoms with Crippen molar-refractivity contribution in [2.24, 2.45) is 0 Å². The second kappa shape index (κ2) is 5.98. The maximum absolute atomic E-state index is 13.4. The summed E-state index contributed by atoms with van der Waals surface area (Å²) in [5.74, 6) is -0.436. The Bertz CT molecular complexity index is 861. The molecule has 1 aromatic heterocycles. The molecule has 1 aromatic carbocycles. The molecule has 7 heteroatoms. The molecule has 0 bridgehead atoms. The highest BCUT2D eigenvalue weighted by Gasteiger charge is 2.32. The zero-order valence-electron chi connectivity index (χ0n) is 13.9. The summed E-state index contributed by atoms with van der Waals surface area (Å²) in [4.78, 5) is 29.1. The van der Waals surface area contributed by atoms with Crippen molar-refractivity contribution >= 4 is 17.5 Å². The van der Waals surface area contributed by atoms with Crippen molar-refractivity contribution in [3.05, 3.63) is 47.3 Å². The van der Waals surface area contributed by atoms with Crippen molar-refractivity contribution in [1.82, 2.24) is 14.9 Å². The number of hydrogen-bond donors (Lipinski definition) is 2. The van der Waals surface area contributed by atoms with Gasteiger partial charge in [0.15, 0.2) is 0 Å². The number of nitrogens with zero attached hydrogens (tertiary/aromatic N) is 2. The number of anilines is 1. The third kappa shape index (κ3) is 3.01. The van der Waals surface area contributed by atoms with Gasteiger partial charge in [0, 0.05) is 37.3 Å². The molecule has 2 N–H and O–H groups in total. The second-order valence-electron chi connectivity index (χ2n) is 6.73. The zero-order valence-corrected chi connectivity index (χ0v) is 13.9. The molecule has 25 heavy (non-hydrogen) atoms. The highest BCUT2D eigenvalue weighted by Crippen LogP contribution is 2.33. The van der Waals surface area contributed by atoms with E-state index in [0.717, 1.165) is 24.4 Å². The van der Waals surface area contributed by atoms with Crippen molar-refractivity contribution in [3.63, 3.8) is 0 Å². The number of amides is 2. The Morgan fingerprint density at radius 3 is 3.12 bits per heavy atom. The van der Waals surface area contributed by atoms with E-state index in [9.17, 15) is 14.0 Å². The van der Waals surface area contributed by atoms with Crippen LogP contribution in [0.4, 0.5) is 10.1 Å². The molecule has 0 saturated heterocycles. The van der Waals surface area contributed by atoms with Crippen LogP contribution in [0, 0.1) is 12.7 Å². The summed E-state index contributed by atoms with van der Waals surface area (Å²) in [7, 11) is 0. The number of rotatable bonds is 2. The molecule has 0 aliphatic carbocycles. The molecule has 2 aliphatic heterocycles. The predicted molar refractivity (Wildman–Crippen MR) is 89.6 cm³/mol. The average Bonchev–Trinajstić information content (AvgIpc) is 2.92. The lowest BCUT2D eigenvalue weighted by atomic mass is 9.89. The average molecular weight is 342 g/mol. The Kier molecular flexibility index (Phi) is 3.78. The summed E-state index contributed by atoms with van der Waals surface area (Å²) >= 11 is 0. The lowest BCUT2D eigenvalue weighted by molar-refractivity contribution is -0.127. The van der Waals surface area contributed by atoms with Gasteiger partial charge in [0.05, 0.1) is 11.6 Å². The number of imidazole rings is 1. The van der Waals surface area contributed by atoms with Gasteiger partial charge in [0.1, 0.15) is 11.6 Å². The first-order valence-corrected chi connectivity index (χ1v) is 8.42. The largest absolute Gasteiger partial charge is 0.351 e. The molecule has 0 radical (unpaired) electrons. The standard InChI is InChI=1S/C18H19FN4O2/c1-10-8-23-9-12(3-5-16(23)20-10)21-18(25)14-7-17(24)22-15-6-11(19)2-4-13(14)15/h2,4,6,8,12,14H,3,5,7,9H2,1H3,(H,21,25)(H,22,24)/t12-,14+/m1/s1. The maximum atomic E-state index is 13.4. The summed E-state index contributed by atoms with van der Waals surface area (Å²) in [6, 6.07) is 4.15. The molecule has 0 unspecified atom stereocenters. The van der Waals surface area contributed by atoms with E-state index >= 15 is 0 Å². The van der Waals surface area contributed by atoms with Gasteiger partial charge in [-0.2, -0.15) is 0 Å². The third-order valence-electron chi connectivity index (χ3n) is 4.83. The maximum Gasteiger partial charge on any atom is 0.228 e. The van der Waals surface area contributed by atoms with Crippen molar-refractivity contribution in [3.8, 4) is 0 Å². The molecule has 0 fully saturated rings. The van der Waals surface area contributed by atoms with E-state index in [4.69, 9.17) is 0 Å². The smallest absolute Gasteiger partial charge is 0.228 e. The van der Waals surface area contributed by atoms with Gasteiger partial charge in [-0.15, -0.1) is 0 Å². The van der Waals surface area contributed by atoms with Gasteiger partial charge < -0.3 is 15.2 Å². The fourth-order valence-corrected chi connectivity index (χ4v) is 3.68. The highest BCUT2D eigenvalue weighted by molar-refractivity contribution is 6.01. The van der Waals surface area contributed by atoms with Crippen LogP contribution in [0.15, 0.2) is 24.4 Å². The number of fused-ring (bicyclic) bond motifs is 2. The van der Waals surface area contributed by atoms with E-state index in [2.05, 4.69) is 20.2 Å². The van der Waals surface area contributed by atoms with E-state index in [1.54, 1.807) is 6.07 Å². The van der Waals surface area contributed by atoms with Crippen LogP contribution in [0.3, 0.4) is 0 Å². The molecule has 3 heterocycles. The van der Waals surface area contributed by atoms with Crippen molar-refractivity contribution < 1.29 is 14.0 Å². The fraction of sp³-hybridized carbons (Fsp3) is 0.389. The number of hydrogen-bond acceptors (Lipinski definition) is 3. The van der Waals surface area contributed by atoms with Crippen LogP contribution in [0.1, 0.15) is 35.8 Å². The molecule has 4 rings (SSSR count). The van der Waals surface area contributed by atoms with Crippen molar-refractivity contribution in [2.75, 3.05) is 5.32 Å². The molecule has 2 aromatic rings. The minimum Gasteiger partial charge on any atom is -0.351 e. The Hall–Kier alpha value is -2.70. The second-order valence-corrected chi connectivity index (χ2v) is 6.73. The Morgan fingerprint density at radius 1 is 1.44 bits per heavy atom. The predicted octanol–water partition coefficient (Wildman–Crippen LogP) is 1.89. The topological polar surface area (TPSA) is 76.0 Å². The quantitative estimate of drug-likeness (QED) is 0.875. The number of aryl methyl sites for hydroxylation is 2. The van der Waals surface area contributed by atoms with Gasteiger partial charge in [0.25, 0.3) is 0 Å². The fourth-order valence-electron chi connectivity index (χ4n) is 3.68. The first kappa shape index (κ1) is 15.8. The monoisotopic (exact) mass is 342 g/mol. The summed E-state index contributed by atoms with van der Waals surface area (Å²) in [5.41, 5.74) is 2.02. The molecule has 0 spiro atoms. The van der Waals surface area contributed by atoms with E-state index in [-0.39, 0.29) is 24.3 Å². The first-order valence-electron chi connectivity index (χ1n) is 8.42. The molecular formula is C18H19FN4O2. The number of aromatic nitrogens is 2. The molecule has 130 valence electrons. The summed E-state index contributed by atoms with van der Waals surface area (Å²) in [6.45, 7) is 2.63. The summed E-state index contributed by atoms with van der Waals surface area (Å²) in [6.07, 6.45) is 3.69. The molecule has 2 atom stereocenters. The zero-order chi connectivity index (χ0) is 17.6. The first-order chi connectivity index (χ1) is 12.0. The molecule has 0 saturated carbocycles. The summed E-state index contributed by atoms with van der Waals surface area (Å²) < 4.78 is 15.5. The van der Waals surface area contributed by atoms with Crippen molar-refractivity contribution in [1.29, 1.82) is 0 Å². The minimum absolute atomic E-state index is 0.00230. The lowest BCUT2D eigenvalue weighted by Crippen LogP contribution is -2.44. The molecule has 2 aliphatic rings. The Labute approximate surface area is 144 Å². The van der Waals surface area contributed by atoms with Gasteiger partial charge in [0.2, 0.25) is 11.8 Å². The molecular weight excluding hydrogens is 323 g/mol. The SMILES string of the molecule is Cc1cn2c(n1)CC[C@@H](NC(=O)[C@H]1CC(=O)Nc3cc(F)ccc31)C2. The van der Waals surface area contributed by atoms with Crippen LogP contribution < -0.4 is 10.6 Å². The number of nitrogens with one attached hydrogen (secondary N) is 2. The van der Waals surface area contributed by atoms with Crippen LogP contribution in [0.25, 0.3) is 0 Å². The van der Waals surface area contributed by atoms with Gasteiger partial charge in [-0.3, -0.25) is 9.59 Å². The number of carbonyl (C=O) groups excluding carboxylic acids is 2. The van der Waals surface area contributed by atoms with Crippen LogP contribution in [0.2, 0.25) is 0 Å². The summed E-state index contributed by atoms with van der Waals surface area (Å²) in [5, 5.41) is 5.69. The van der Waals surface area contributed by atoms with Gasteiger partial charge >= 0.3 is 0 Å². The Balaban J connectivity index is 1.51. The van der Waals surface area contributed by atoms with E-state index < -0.39 is 11.7 Å². The number of benzene rings is 1. The number of halogens is 1. The molecule has 6 nitrogen and oxygen atoms in total. The van der Waals surface area contributed by atoms with Gasteiger partial charge in [-0.05, 0) is 31.0 Å². The van der Waals surface area contributed by atoms with Crippen LogP contribution >= 0.6 is 0 Å². The van der Waals surface area contributed by atoms with Crippen LogP contribution in [-0.4, -0.2) is 27.4 Å². The van der Waals surface area contributed by atoms with E-state index in [0.29, 0.717) is 17.8 Å². The third-order valence-corrected chi connectivity index (χ3v) is 4.83. The van der Waals surface area contributed by atoms with Gasteiger partial charge in [-0.25, -0.2) is 9.37 Å². The lowest BCUT2D eigenvalue weighted by Gasteiger charge is -2.29. The highest BCUT2D eigenvalue weighted by atomic mass is 19.1.